The van der Waals surface area contributed by atoms with Crippen LogP contribution in [0, 0.1) is 23.7 Å². The Hall–Kier alpha value is -1.31. The molecule has 0 radical (unpaired) electrons. The van der Waals surface area contributed by atoms with Crippen molar-refractivity contribution in [3.05, 3.63) is 12.2 Å². The number of allylic oxidation sites excluding steroid dienone is 1. The van der Waals surface area contributed by atoms with Gasteiger partial charge in [-0.15, -0.1) is 5.92 Å². The van der Waals surface area contributed by atoms with Crippen molar-refractivity contribution in [1.82, 2.24) is 0 Å². The highest BCUT2D eigenvalue weighted by Gasteiger charge is 2.48. The number of hydrogen-bond acceptors (Lipinski definition) is 3. The predicted octanol–water partition coefficient (Wildman–Crippen LogP) is 4.19. The lowest BCUT2D eigenvalue weighted by Crippen LogP contribution is -2.31. The Kier molecular flexibility index (Phi) is 9.07. The molecule has 2 saturated heterocycles. The number of rotatable bonds is 11. The van der Waals surface area contributed by atoms with Crippen LogP contribution in [0.3, 0.4) is 0 Å². The summed E-state index contributed by atoms with van der Waals surface area (Å²) in [5.74, 6) is 6.50. The molecule has 0 unspecified atom stereocenters. The van der Waals surface area contributed by atoms with Gasteiger partial charge in [-0.3, -0.25) is 0 Å². The van der Waals surface area contributed by atoms with Gasteiger partial charge in [-0.05, 0) is 44.4 Å². The molecule has 2 rings (SSSR count). The number of unbranched alkanes of at least 4 members (excludes halogenated alkanes) is 4. The number of fused-ring (bicyclic) bond motifs is 2. The molecular weight excluding hydrogens is 316 g/mol. The Balaban J connectivity index is 1.64. The van der Waals surface area contributed by atoms with E-state index in [0.717, 1.165) is 38.7 Å². The summed E-state index contributed by atoms with van der Waals surface area (Å²) >= 11 is 0. The average Bonchev–Trinajstić information content (AvgIpc) is 3.19. The fourth-order valence-electron chi connectivity index (χ4n) is 4.02. The van der Waals surface area contributed by atoms with Crippen molar-refractivity contribution in [3.8, 4) is 11.8 Å². The minimum Gasteiger partial charge on any atom is -0.478 e. The van der Waals surface area contributed by atoms with Crippen LogP contribution in [-0.2, 0) is 14.3 Å². The largest absolute Gasteiger partial charge is 0.478 e. The van der Waals surface area contributed by atoms with Gasteiger partial charge < -0.3 is 14.6 Å². The van der Waals surface area contributed by atoms with Gasteiger partial charge in [0.2, 0.25) is 0 Å². The number of aliphatic carboxylic acids is 1. The van der Waals surface area contributed by atoms with Crippen LogP contribution in [0.5, 0.6) is 0 Å². The molecule has 0 amide bonds. The van der Waals surface area contributed by atoms with E-state index in [4.69, 9.17) is 14.6 Å². The molecule has 4 nitrogen and oxygen atoms in total. The molecule has 0 aromatic rings. The fraction of sp³-hybridized carbons (Fsp3) is 0.762. The van der Waals surface area contributed by atoms with Gasteiger partial charge in [0, 0.05) is 18.4 Å². The summed E-state index contributed by atoms with van der Waals surface area (Å²) in [5, 5.41) is 8.56. The molecule has 2 heterocycles. The molecule has 1 N–H and O–H groups in total. The molecule has 4 heteroatoms. The Morgan fingerprint density at radius 2 is 2.00 bits per heavy atom. The second-order valence-electron chi connectivity index (χ2n) is 7.12. The van der Waals surface area contributed by atoms with Crippen molar-refractivity contribution < 1.29 is 19.4 Å². The van der Waals surface area contributed by atoms with Gasteiger partial charge in [-0.25, -0.2) is 4.79 Å². The van der Waals surface area contributed by atoms with Crippen LogP contribution in [0.25, 0.3) is 0 Å². The minimum absolute atomic E-state index is 0.386. The highest BCUT2D eigenvalue weighted by Crippen LogP contribution is 2.45. The summed E-state index contributed by atoms with van der Waals surface area (Å²) in [6, 6.07) is 0. The highest BCUT2D eigenvalue weighted by atomic mass is 16.5. The third-order valence-corrected chi connectivity index (χ3v) is 5.24. The summed E-state index contributed by atoms with van der Waals surface area (Å²) in [5.41, 5.74) is 0. The fourth-order valence-corrected chi connectivity index (χ4v) is 4.02. The van der Waals surface area contributed by atoms with E-state index < -0.39 is 5.97 Å². The summed E-state index contributed by atoms with van der Waals surface area (Å²) < 4.78 is 11.9. The molecule has 0 spiro atoms. The third-order valence-electron chi connectivity index (χ3n) is 5.24. The molecule has 4 atom stereocenters. The lowest BCUT2D eigenvalue weighted by Gasteiger charge is -2.27. The van der Waals surface area contributed by atoms with E-state index in [2.05, 4.69) is 18.8 Å². The van der Waals surface area contributed by atoms with Gasteiger partial charge >= 0.3 is 5.97 Å². The molecule has 2 aliphatic heterocycles. The number of carboxylic acid groups (broad SMARTS) is 1. The first-order chi connectivity index (χ1) is 12.2. The number of hydrogen-bond donors (Lipinski definition) is 1. The Morgan fingerprint density at radius 1 is 1.20 bits per heavy atom. The van der Waals surface area contributed by atoms with E-state index in [1.165, 1.54) is 31.8 Å². The molecule has 0 aromatic carbocycles. The van der Waals surface area contributed by atoms with E-state index in [-0.39, 0.29) is 0 Å². The Morgan fingerprint density at radius 3 is 2.76 bits per heavy atom. The van der Waals surface area contributed by atoms with E-state index in [9.17, 15) is 4.79 Å². The second kappa shape index (κ2) is 11.3. The Labute approximate surface area is 152 Å². The minimum atomic E-state index is -0.860. The van der Waals surface area contributed by atoms with Crippen LogP contribution >= 0.6 is 0 Å². The predicted molar refractivity (Wildman–Crippen MR) is 98.2 cm³/mol. The topological polar surface area (TPSA) is 55.8 Å². The first-order valence-electron chi connectivity index (χ1n) is 9.80. The summed E-state index contributed by atoms with van der Waals surface area (Å²) in [7, 11) is 0. The zero-order valence-corrected chi connectivity index (χ0v) is 15.4. The maximum Gasteiger partial charge on any atom is 0.327 e. The van der Waals surface area contributed by atoms with Gasteiger partial charge in [0.25, 0.3) is 0 Å². The second-order valence-corrected chi connectivity index (χ2v) is 7.12. The van der Waals surface area contributed by atoms with Gasteiger partial charge in [-0.2, -0.15) is 0 Å². The standard InChI is InChI=1S/C21H32O4/c1-2-3-4-10-15-24-16-18-17(19-13-14-20(18)25-19)11-8-6-5-7-9-12-21(22)23/h9,12,17-20H,2-3,5-8,11,13-16H2,1H3,(H,22,23)/b12-9-/t17-,18+,19-,20+/m1/s1. The first kappa shape index (κ1) is 20.0. The van der Waals surface area contributed by atoms with Gasteiger partial charge in [0.15, 0.2) is 0 Å². The van der Waals surface area contributed by atoms with Crippen LogP contribution in [0.2, 0.25) is 0 Å². The molecule has 0 saturated carbocycles. The highest BCUT2D eigenvalue weighted by molar-refractivity contribution is 5.79. The van der Waals surface area contributed by atoms with Crippen LogP contribution in [0.1, 0.15) is 64.7 Å². The molecule has 2 bridgehead atoms. The number of carboxylic acids is 1. The van der Waals surface area contributed by atoms with Crippen LogP contribution < -0.4 is 0 Å². The quantitative estimate of drug-likeness (QED) is 0.345. The Bertz CT molecular complexity index is 488. The van der Waals surface area contributed by atoms with E-state index in [1.807, 2.05) is 0 Å². The summed E-state index contributed by atoms with van der Waals surface area (Å²) in [6.45, 7) is 3.44. The van der Waals surface area contributed by atoms with Crippen LogP contribution in [-0.4, -0.2) is 36.5 Å². The lowest BCUT2D eigenvalue weighted by atomic mass is 9.77. The maximum atomic E-state index is 10.4. The van der Waals surface area contributed by atoms with E-state index in [1.54, 1.807) is 6.08 Å². The van der Waals surface area contributed by atoms with Gasteiger partial charge in [0.1, 0.15) is 6.61 Å². The van der Waals surface area contributed by atoms with Crippen molar-refractivity contribution in [2.24, 2.45) is 11.8 Å². The van der Waals surface area contributed by atoms with Crippen LogP contribution in [0.15, 0.2) is 12.2 Å². The van der Waals surface area contributed by atoms with Crippen molar-refractivity contribution in [3.63, 3.8) is 0 Å². The first-order valence-corrected chi connectivity index (χ1v) is 9.80. The normalized spacial score (nSPS) is 27.6. The van der Waals surface area contributed by atoms with Gasteiger partial charge in [-0.1, -0.05) is 31.8 Å². The third kappa shape index (κ3) is 6.84. The molecule has 140 valence electrons. The molecule has 25 heavy (non-hydrogen) atoms. The summed E-state index contributed by atoms with van der Waals surface area (Å²) in [6.07, 6.45) is 13.7. The molecular formula is C21H32O4. The molecule has 0 aliphatic carbocycles. The monoisotopic (exact) mass is 348 g/mol. The number of carbonyl (C=O) groups is 1. The molecule has 2 aliphatic rings. The zero-order valence-electron chi connectivity index (χ0n) is 15.4. The van der Waals surface area contributed by atoms with Crippen molar-refractivity contribution in [2.45, 2.75) is 76.9 Å². The van der Waals surface area contributed by atoms with Gasteiger partial charge in [0.05, 0.1) is 18.8 Å². The maximum absolute atomic E-state index is 10.4. The van der Waals surface area contributed by atoms with Crippen molar-refractivity contribution >= 4 is 5.97 Å². The number of ether oxygens (including phenoxy) is 2. The SMILES string of the molecule is CCCC#CCOC[C@H]1[C@@H](CCCCC/C=C\C(=O)O)[C@H]2CC[C@@H]1O2. The zero-order chi connectivity index (χ0) is 17.9. The molecule has 0 aromatic heterocycles. The van der Waals surface area contributed by atoms with E-state index >= 15 is 0 Å². The molecule has 2 fully saturated rings. The van der Waals surface area contributed by atoms with Crippen LogP contribution in [0.4, 0.5) is 0 Å². The van der Waals surface area contributed by atoms with Crippen molar-refractivity contribution in [2.75, 3.05) is 13.2 Å². The smallest absolute Gasteiger partial charge is 0.327 e. The lowest BCUT2D eigenvalue weighted by molar-refractivity contribution is -0.131. The van der Waals surface area contributed by atoms with E-state index in [0.29, 0.717) is 30.7 Å². The van der Waals surface area contributed by atoms with Crippen molar-refractivity contribution in [1.29, 1.82) is 0 Å². The average molecular weight is 348 g/mol. The summed E-state index contributed by atoms with van der Waals surface area (Å²) in [4.78, 5) is 10.4.